The van der Waals surface area contributed by atoms with Crippen LogP contribution >= 0.6 is 34.2 Å². The van der Waals surface area contributed by atoms with E-state index in [-0.39, 0.29) is 27.1 Å². The van der Waals surface area contributed by atoms with Crippen LogP contribution in [0, 0.1) is 0 Å². The largest absolute Gasteiger partial charge is 0.416 e. The Morgan fingerprint density at radius 2 is 1.55 bits per heavy atom. The van der Waals surface area contributed by atoms with Crippen molar-refractivity contribution in [1.82, 2.24) is 10.6 Å². The number of rotatable bonds is 2. The molecule has 1 aliphatic rings. The summed E-state index contributed by atoms with van der Waals surface area (Å²) >= 11 is 7.24. The first-order valence-corrected chi connectivity index (χ1v) is 7.11. The number of benzene rings is 1. The fourth-order valence-electron chi connectivity index (χ4n) is 1.65. The van der Waals surface area contributed by atoms with Crippen molar-refractivity contribution < 1.29 is 31.2 Å². The number of hydrogen-bond donors (Lipinski definition) is 1. The molecule has 0 fully saturated rings. The molecule has 0 amide bonds. The average Bonchev–Trinajstić information content (AvgIpc) is 2.77. The van der Waals surface area contributed by atoms with Crippen molar-refractivity contribution in [2.24, 2.45) is 0 Å². The molecule has 122 valence electrons. The summed E-state index contributed by atoms with van der Waals surface area (Å²) in [5.74, 6) is -0.169. The van der Waals surface area contributed by atoms with Gasteiger partial charge in [0.25, 0.3) is 0 Å². The number of nitrogens with one attached hydrogen (secondary N) is 1. The molecule has 0 atom stereocenters. The van der Waals surface area contributed by atoms with Gasteiger partial charge in [-0.1, -0.05) is 5.59 Å². The summed E-state index contributed by atoms with van der Waals surface area (Å²) in [5.41, 5.74) is -0.906. The normalized spacial score (nSPS) is 16.3. The summed E-state index contributed by atoms with van der Waals surface area (Å²) in [4.78, 5) is 4.92. The van der Waals surface area contributed by atoms with Crippen molar-refractivity contribution in [2.75, 3.05) is 6.00 Å². The summed E-state index contributed by atoms with van der Waals surface area (Å²) in [6, 6.07) is 1.12. The molecule has 3 nitrogen and oxygen atoms in total. The highest BCUT2D eigenvalue weighted by Crippen LogP contribution is 2.39. The monoisotopic (exact) mass is 458 g/mol. The van der Waals surface area contributed by atoms with Crippen LogP contribution in [-0.2, 0) is 17.2 Å². The minimum Gasteiger partial charge on any atom is -0.386 e. The molecule has 1 aliphatic heterocycles. The van der Waals surface area contributed by atoms with Gasteiger partial charge in [0.05, 0.1) is 11.1 Å². The summed E-state index contributed by atoms with van der Waals surface area (Å²) in [6.07, 6.45) is -9.83. The number of alkyl halides is 7. The van der Waals surface area contributed by atoms with Gasteiger partial charge in [0.2, 0.25) is 0 Å². The van der Waals surface area contributed by atoms with Gasteiger partial charge < -0.3 is 4.84 Å². The minimum absolute atomic E-state index is 0.0542. The molecular weight excluding hydrogens is 452 g/mol. The second kappa shape index (κ2) is 5.96. The van der Waals surface area contributed by atoms with Crippen LogP contribution in [0.4, 0.5) is 26.3 Å². The molecule has 1 aromatic carbocycles. The van der Waals surface area contributed by atoms with Gasteiger partial charge in [-0.25, -0.2) is 0 Å². The first-order valence-electron chi connectivity index (χ1n) is 5.49. The van der Waals surface area contributed by atoms with Crippen molar-refractivity contribution >= 4 is 40.0 Å². The van der Waals surface area contributed by atoms with E-state index in [1.807, 2.05) is 0 Å². The molecule has 0 saturated carbocycles. The van der Waals surface area contributed by atoms with Gasteiger partial charge in [0.15, 0.2) is 5.76 Å². The molecule has 0 saturated heterocycles. The molecule has 22 heavy (non-hydrogen) atoms. The van der Waals surface area contributed by atoms with E-state index in [4.69, 9.17) is 16.4 Å². The van der Waals surface area contributed by atoms with E-state index in [0.29, 0.717) is 12.1 Å². The number of hydrazine groups is 1. The Bertz CT molecular complexity index is 583. The highest BCUT2D eigenvalue weighted by atomic mass is 127. The predicted molar refractivity (Wildman–Crippen MR) is 74.2 cm³/mol. The Labute approximate surface area is 138 Å². The molecular formula is C11H6ClF6IN2O. The van der Waals surface area contributed by atoms with Crippen molar-refractivity contribution in [2.45, 2.75) is 12.4 Å². The van der Waals surface area contributed by atoms with Crippen molar-refractivity contribution in [3.8, 4) is 0 Å². The minimum atomic E-state index is -4.92. The molecule has 0 bridgehead atoms. The lowest BCUT2D eigenvalue weighted by Crippen LogP contribution is -2.27. The van der Waals surface area contributed by atoms with Gasteiger partial charge in [-0.15, -0.1) is 11.6 Å². The van der Waals surface area contributed by atoms with Crippen LogP contribution in [0.1, 0.15) is 16.7 Å². The summed E-state index contributed by atoms with van der Waals surface area (Å²) in [7, 11) is 0. The number of halogens is 8. The van der Waals surface area contributed by atoms with Crippen LogP contribution in [0.25, 0.3) is 5.76 Å². The fourth-order valence-corrected chi connectivity index (χ4v) is 2.71. The lowest BCUT2D eigenvalue weighted by Gasteiger charge is -2.14. The maximum absolute atomic E-state index is 12.8. The van der Waals surface area contributed by atoms with Crippen LogP contribution in [0.3, 0.4) is 0 Å². The third-order valence-corrected chi connectivity index (χ3v) is 3.96. The van der Waals surface area contributed by atoms with E-state index in [1.165, 1.54) is 5.01 Å². The smallest absolute Gasteiger partial charge is 0.386 e. The van der Waals surface area contributed by atoms with Gasteiger partial charge in [-0.3, -0.25) is 5.01 Å². The van der Waals surface area contributed by atoms with Gasteiger partial charge in [-0.2, -0.15) is 26.3 Å². The van der Waals surface area contributed by atoms with Crippen molar-refractivity contribution in [3.63, 3.8) is 0 Å². The van der Waals surface area contributed by atoms with Gasteiger partial charge in [-0.05, 0) is 40.8 Å². The van der Waals surface area contributed by atoms with Gasteiger partial charge in [0, 0.05) is 5.56 Å². The quantitative estimate of drug-likeness (QED) is 0.300. The molecule has 0 unspecified atom stereocenters. The molecule has 0 radical (unpaired) electrons. The lowest BCUT2D eigenvalue weighted by molar-refractivity contribution is -0.143. The van der Waals surface area contributed by atoms with E-state index in [2.05, 4.69) is 5.59 Å². The topological polar surface area (TPSA) is 24.5 Å². The fraction of sp³-hybridized carbons (Fsp3) is 0.273. The molecule has 11 heteroatoms. The zero-order valence-corrected chi connectivity index (χ0v) is 13.2. The Hall–Kier alpha value is -0.880. The van der Waals surface area contributed by atoms with E-state index in [0.717, 1.165) is 0 Å². The lowest BCUT2D eigenvalue weighted by atomic mass is 10.0. The molecule has 0 spiro atoms. The maximum atomic E-state index is 12.8. The van der Waals surface area contributed by atoms with E-state index < -0.39 is 23.5 Å². The van der Waals surface area contributed by atoms with E-state index in [9.17, 15) is 26.3 Å². The number of hydrogen-bond acceptors (Lipinski definition) is 3. The average molecular weight is 459 g/mol. The zero-order chi connectivity index (χ0) is 16.7. The highest BCUT2D eigenvalue weighted by Gasteiger charge is 2.38. The van der Waals surface area contributed by atoms with Crippen molar-refractivity contribution in [3.05, 3.63) is 38.6 Å². The Morgan fingerprint density at radius 1 is 1.05 bits per heavy atom. The summed E-state index contributed by atoms with van der Waals surface area (Å²) in [5, 5.41) is 1.21. The summed E-state index contributed by atoms with van der Waals surface area (Å²) in [6.45, 7) is 0. The van der Waals surface area contributed by atoms with Crippen LogP contribution in [0.2, 0.25) is 0 Å². The second-order valence-corrected chi connectivity index (χ2v) is 5.42. The molecule has 1 N–H and O–H groups in total. The standard InChI is InChI=1S/C11H6ClF6IN2O/c12-4-21-9(19)8(22-20-21)5-1-6(10(13,14)15)3-7(2-5)11(16,17)18/h1-3,20H,4H2. The highest BCUT2D eigenvalue weighted by molar-refractivity contribution is 14.1. The Kier molecular flexibility index (Phi) is 4.74. The van der Waals surface area contributed by atoms with Crippen LogP contribution < -0.4 is 5.59 Å². The molecule has 1 aromatic rings. The third kappa shape index (κ3) is 3.54. The molecule has 1 heterocycles. The first kappa shape index (κ1) is 17.5. The third-order valence-electron chi connectivity index (χ3n) is 2.65. The molecule has 0 aliphatic carbocycles. The Morgan fingerprint density at radius 3 is 1.91 bits per heavy atom. The van der Waals surface area contributed by atoms with Crippen molar-refractivity contribution in [1.29, 1.82) is 0 Å². The summed E-state index contributed by atoms with van der Waals surface area (Å²) < 4.78 is 77.0. The molecule has 0 aromatic heterocycles. The predicted octanol–water partition coefficient (Wildman–Crippen LogP) is 4.73. The number of nitrogens with zero attached hydrogens (tertiary/aromatic N) is 1. The maximum Gasteiger partial charge on any atom is 0.416 e. The second-order valence-electron chi connectivity index (χ2n) is 4.16. The van der Waals surface area contributed by atoms with Crippen LogP contribution in [-0.4, -0.2) is 11.0 Å². The molecule has 2 rings (SSSR count). The first-order chi connectivity index (χ1) is 10.0. The zero-order valence-electron chi connectivity index (χ0n) is 10.3. The van der Waals surface area contributed by atoms with E-state index >= 15 is 0 Å². The van der Waals surface area contributed by atoms with E-state index in [1.54, 1.807) is 22.6 Å². The van der Waals surface area contributed by atoms with Gasteiger partial charge >= 0.3 is 12.4 Å². The Balaban J connectivity index is 2.60. The van der Waals surface area contributed by atoms with Crippen LogP contribution in [0.5, 0.6) is 0 Å². The van der Waals surface area contributed by atoms with Crippen LogP contribution in [0.15, 0.2) is 21.9 Å². The van der Waals surface area contributed by atoms with Gasteiger partial charge in [0.1, 0.15) is 9.71 Å². The SMILES string of the molecule is FC(F)(F)c1cc(C2=C(I)N(CCl)NO2)cc(C(F)(F)F)c1.